The second kappa shape index (κ2) is 5.14. The highest BCUT2D eigenvalue weighted by molar-refractivity contribution is 7.17. The van der Waals surface area contributed by atoms with Crippen LogP contribution in [-0.2, 0) is 0 Å². The van der Waals surface area contributed by atoms with Crippen molar-refractivity contribution in [1.82, 2.24) is 5.32 Å². The molecule has 2 aromatic rings. The molecule has 0 aliphatic heterocycles. The van der Waals surface area contributed by atoms with E-state index in [0.717, 1.165) is 19.5 Å². The molecular formula is C12H16N2S. The van der Waals surface area contributed by atoms with Crippen molar-refractivity contribution in [1.29, 1.82) is 0 Å². The van der Waals surface area contributed by atoms with Crippen molar-refractivity contribution in [2.75, 3.05) is 25.5 Å². The first-order valence-corrected chi connectivity index (χ1v) is 6.14. The molecule has 0 fully saturated rings. The lowest BCUT2D eigenvalue weighted by atomic mass is 10.2. The Morgan fingerprint density at radius 3 is 2.93 bits per heavy atom. The monoisotopic (exact) mass is 220 g/mol. The third-order valence-corrected chi connectivity index (χ3v) is 3.36. The van der Waals surface area contributed by atoms with Gasteiger partial charge in [-0.2, -0.15) is 0 Å². The molecule has 0 radical (unpaired) electrons. The average molecular weight is 220 g/mol. The summed E-state index contributed by atoms with van der Waals surface area (Å²) in [6, 6.07) is 8.52. The Balaban J connectivity index is 2.02. The maximum absolute atomic E-state index is 3.47. The van der Waals surface area contributed by atoms with Crippen molar-refractivity contribution in [3.63, 3.8) is 0 Å². The molecule has 0 bridgehead atoms. The summed E-state index contributed by atoms with van der Waals surface area (Å²) in [5.41, 5.74) is 1.27. The zero-order valence-corrected chi connectivity index (χ0v) is 9.73. The first-order chi connectivity index (χ1) is 7.42. The van der Waals surface area contributed by atoms with Crippen LogP contribution in [-0.4, -0.2) is 20.1 Å². The van der Waals surface area contributed by atoms with Crippen molar-refractivity contribution in [2.24, 2.45) is 0 Å². The van der Waals surface area contributed by atoms with Crippen molar-refractivity contribution < 1.29 is 0 Å². The second-order valence-electron chi connectivity index (χ2n) is 3.53. The molecule has 0 aliphatic rings. The fourth-order valence-corrected chi connectivity index (χ4v) is 2.52. The Labute approximate surface area is 94.3 Å². The van der Waals surface area contributed by atoms with Gasteiger partial charge in [0, 0.05) is 22.0 Å². The normalized spacial score (nSPS) is 10.7. The number of benzene rings is 1. The van der Waals surface area contributed by atoms with E-state index >= 15 is 0 Å². The van der Waals surface area contributed by atoms with Crippen LogP contribution in [0.5, 0.6) is 0 Å². The van der Waals surface area contributed by atoms with E-state index in [1.807, 2.05) is 7.05 Å². The third-order valence-electron chi connectivity index (χ3n) is 2.40. The molecule has 1 aromatic carbocycles. The van der Waals surface area contributed by atoms with Gasteiger partial charge in [-0.05, 0) is 26.1 Å². The SMILES string of the molecule is CNCCCNc1csc2ccccc12. The van der Waals surface area contributed by atoms with Crippen LogP contribution >= 0.6 is 11.3 Å². The highest BCUT2D eigenvalue weighted by Gasteiger charge is 2.01. The van der Waals surface area contributed by atoms with Crippen molar-refractivity contribution in [3.8, 4) is 0 Å². The zero-order chi connectivity index (χ0) is 10.5. The highest BCUT2D eigenvalue weighted by Crippen LogP contribution is 2.29. The van der Waals surface area contributed by atoms with Gasteiger partial charge in [-0.3, -0.25) is 0 Å². The molecule has 2 nitrogen and oxygen atoms in total. The minimum absolute atomic E-state index is 1.03. The van der Waals surface area contributed by atoms with Crippen molar-refractivity contribution in [2.45, 2.75) is 6.42 Å². The molecule has 0 amide bonds. The third kappa shape index (κ3) is 2.49. The molecule has 1 heterocycles. The minimum Gasteiger partial charge on any atom is -0.384 e. The topological polar surface area (TPSA) is 24.1 Å². The van der Waals surface area contributed by atoms with Gasteiger partial charge in [0.15, 0.2) is 0 Å². The number of anilines is 1. The number of thiophene rings is 1. The molecule has 0 saturated carbocycles. The zero-order valence-electron chi connectivity index (χ0n) is 8.92. The Bertz CT molecular complexity index is 422. The van der Waals surface area contributed by atoms with E-state index < -0.39 is 0 Å². The fraction of sp³-hybridized carbons (Fsp3) is 0.333. The summed E-state index contributed by atoms with van der Waals surface area (Å²) < 4.78 is 1.36. The highest BCUT2D eigenvalue weighted by atomic mass is 32.1. The van der Waals surface area contributed by atoms with Crippen LogP contribution in [0.15, 0.2) is 29.6 Å². The summed E-state index contributed by atoms with van der Waals surface area (Å²) in [6.07, 6.45) is 1.15. The largest absolute Gasteiger partial charge is 0.384 e. The molecule has 2 N–H and O–H groups in total. The molecular weight excluding hydrogens is 204 g/mol. The van der Waals surface area contributed by atoms with Crippen molar-refractivity contribution in [3.05, 3.63) is 29.6 Å². The summed E-state index contributed by atoms with van der Waals surface area (Å²) in [5, 5.41) is 10.2. The first kappa shape index (κ1) is 10.5. The Morgan fingerprint density at radius 1 is 1.20 bits per heavy atom. The van der Waals surface area contributed by atoms with Gasteiger partial charge in [0.05, 0.1) is 5.69 Å². The van der Waals surface area contributed by atoms with Crippen LogP contribution in [0.2, 0.25) is 0 Å². The van der Waals surface area contributed by atoms with Crippen LogP contribution in [0.25, 0.3) is 10.1 Å². The molecule has 0 saturated heterocycles. The van der Waals surface area contributed by atoms with Gasteiger partial charge in [-0.1, -0.05) is 18.2 Å². The summed E-state index contributed by atoms with van der Waals surface area (Å²) >= 11 is 1.80. The van der Waals surface area contributed by atoms with Crippen LogP contribution in [0, 0.1) is 0 Å². The van der Waals surface area contributed by atoms with Crippen LogP contribution < -0.4 is 10.6 Å². The van der Waals surface area contributed by atoms with E-state index in [1.165, 1.54) is 15.8 Å². The lowest BCUT2D eigenvalue weighted by Gasteiger charge is -2.04. The molecule has 0 aliphatic carbocycles. The lowest BCUT2D eigenvalue weighted by Crippen LogP contribution is -2.12. The standard InChI is InChI=1S/C12H16N2S/c1-13-7-4-8-14-11-9-15-12-6-3-2-5-10(11)12/h2-3,5-6,9,13-14H,4,7-8H2,1H3. The van der Waals surface area contributed by atoms with Gasteiger partial charge >= 0.3 is 0 Å². The number of hydrogen-bond donors (Lipinski definition) is 2. The number of rotatable bonds is 5. The number of fused-ring (bicyclic) bond motifs is 1. The van der Waals surface area contributed by atoms with Crippen molar-refractivity contribution >= 4 is 27.1 Å². The predicted octanol–water partition coefficient (Wildman–Crippen LogP) is 2.92. The Hall–Kier alpha value is -1.06. The van der Waals surface area contributed by atoms with E-state index in [9.17, 15) is 0 Å². The summed E-state index contributed by atoms with van der Waals surface area (Å²) in [5.74, 6) is 0. The van der Waals surface area contributed by atoms with E-state index in [2.05, 4.69) is 40.3 Å². The summed E-state index contributed by atoms with van der Waals surface area (Å²) in [6.45, 7) is 2.09. The molecule has 0 atom stereocenters. The smallest absolute Gasteiger partial charge is 0.0528 e. The summed E-state index contributed by atoms with van der Waals surface area (Å²) in [7, 11) is 1.99. The average Bonchev–Trinajstić information content (AvgIpc) is 2.68. The quantitative estimate of drug-likeness (QED) is 0.757. The van der Waals surface area contributed by atoms with E-state index in [0.29, 0.717) is 0 Å². The van der Waals surface area contributed by atoms with E-state index in [1.54, 1.807) is 11.3 Å². The molecule has 3 heteroatoms. The maximum atomic E-state index is 3.47. The molecule has 80 valence electrons. The van der Waals surface area contributed by atoms with Crippen LogP contribution in [0.4, 0.5) is 5.69 Å². The molecule has 2 rings (SSSR count). The van der Waals surface area contributed by atoms with Gasteiger partial charge < -0.3 is 10.6 Å². The lowest BCUT2D eigenvalue weighted by molar-refractivity contribution is 0.748. The van der Waals surface area contributed by atoms with Gasteiger partial charge in [0.2, 0.25) is 0 Å². The van der Waals surface area contributed by atoms with E-state index in [4.69, 9.17) is 0 Å². The Kier molecular flexibility index (Phi) is 3.59. The van der Waals surface area contributed by atoms with E-state index in [-0.39, 0.29) is 0 Å². The summed E-state index contributed by atoms with van der Waals surface area (Å²) in [4.78, 5) is 0. The number of nitrogens with one attached hydrogen (secondary N) is 2. The first-order valence-electron chi connectivity index (χ1n) is 5.26. The molecule has 0 spiro atoms. The van der Waals surface area contributed by atoms with Crippen LogP contribution in [0.1, 0.15) is 6.42 Å². The van der Waals surface area contributed by atoms with Gasteiger partial charge in [0.25, 0.3) is 0 Å². The predicted molar refractivity (Wildman–Crippen MR) is 68.9 cm³/mol. The maximum Gasteiger partial charge on any atom is 0.0528 e. The molecule has 0 unspecified atom stereocenters. The molecule has 15 heavy (non-hydrogen) atoms. The minimum atomic E-state index is 1.03. The Morgan fingerprint density at radius 2 is 2.07 bits per heavy atom. The van der Waals surface area contributed by atoms with Gasteiger partial charge in [-0.15, -0.1) is 11.3 Å². The van der Waals surface area contributed by atoms with Gasteiger partial charge in [0.1, 0.15) is 0 Å². The fourth-order valence-electron chi connectivity index (χ4n) is 1.60. The second-order valence-corrected chi connectivity index (χ2v) is 4.44. The van der Waals surface area contributed by atoms with Crippen LogP contribution in [0.3, 0.4) is 0 Å². The molecule has 1 aromatic heterocycles. The number of hydrogen-bond acceptors (Lipinski definition) is 3. The van der Waals surface area contributed by atoms with Gasteiger partial charge in [-0.25, -0.2) is 0 Å².